The van der Waals surface area contributed by atoms with Gasteiger partial charge in [-0.05, 0) is 31.2 Å². The number of hydrogen-bond acceptors (Lipinski definition) is 6. The van der Waals surface area contributed by atoms with E-state index in [9.17, 15) is 14.4 Å². The highest BCUT2D eigenvalue weighted by molar-refractivity contribution is 8.00. The summed E-state index contributed by atoms with van der Waals surface area (Å²) in [6, 6.07) is 6.74. The molecule has 26 heavy (non-hydrogen) atoms. The molecule has 1 aromatic carbocycles. The number of primary amides is 1. The molecule has 2 rings (SSSR count). The predicted octanol–water partition coefficient (Wildman–Crippen LogP) is 1.55. The van der Waals surface area contributed by atoms with E-state index in [1.165, 1.54) is 18.7 Å². The van der Waals surface area contributed by atoms with Crippen molar-refractivity contribution >= 4 is 35.0 Å². The zero-order valence-corrected chi connectivity index (χ0v) is 15.7. The van der Waals surface area contributed by atoms with Gasteiger partial charge in [0, 0.05) is 38.1 Å². The minimum Gasteiger partial charge on any atom is -0.370 e. The Labute approximate surface area is 155 Å². The van der Waals surface area contributed by atoms with Crippen LogP contribution in [0.2, 0.25) is 0 Å². The van der Waals surface area contributed by atoms with Gasteiger partial charge in [0.25, 0.3) is 0 Å². The van der Waals surface area contributed by atoms with Crippen LogP contribution in [0.25, 0.3) is 0 Å². The first kappa shape index (κ1) is 19.6. The number of thioether (sulfide) groups is 1. The van der Waals surface area contributed by atoms with Gasteiger partial charge in [-0.1, -0.05) is 11.8 Å². The van der Waals surface area contributed by atoms with Crippen molar-refractivity contribution in [1.29, 1.82) is 0 Å². The first-order valence-corrected chi connectivity index (χ1v) is 8.91. The molecule has 0 radical (unpaired) electrons. The van der Waals surface area contributed by atoms with Crippen LogP contribution < -0.4 is 11.1 Å². The lowest BCUT2D eigenvalue weighted by molar-refractivity contribution is -0.118. The number of Topliss-reactive ketones (excluding diaryl/α,β-unsaturated/α-hetero) is 1. The van der Waals surface area contributed by atoms with E-state index in [1.807, 2.05) is 0 Å². The van der Waals surface area contributed by atoms with Crippen molar-refractivity contribution in [3.05, 3.63) is 35.7 Å². The third kappa shape index (κ3) is 5.16. The van der Waals surface area contributed by atoms with Gasteiger partial charge in [0.15, 0.2) is 10.9 Å². The molecule has 0 aliphatic heterocycles. The Kier molecular flexibility index (Phi) is 6.51. The topological polar surface area (TPSA) is 120 Å². The molecular formula is C17H21N5O3S. The number of rotatable bonds is 8. The Morgan fingerprint density at radius 2 is 1.88 bits per heavy atom. The number of carbonyl (C=O) groups is 3. The Balaban J connectivity index is 2.02. The summed E-state index contributed by atoms with van der Waals surface area (Å²) in [5, 5.41) is 11.0. The molecule has 2 aromatic rings. The van der Waals surface area contributed by atoms with Gasteiger partial charge in [-0.3, -0.25) is 14.4 Å². The van der Waals surface area contributed by atoms with Crippen molar-refractivity contribution in [2.45, 2.75) is 37.1 Å². The van der Waals surface area contributed by atoms with Crippen LogP contribution in [0.1, 0.15) is 36.5 Å². The number of anilines is 1. The molecule has 0 aliphatic rings. The molecule has 138 valence electrons. The summed E-state index contributed by atoms with van der Waals surface area (Å²) in [5.41, 5.74) is 6.34. The highest BCUT2D eigenvalue weighted by Crippen LogP contribution is 2.25. The van der Waals surface area contributed by atoms with Gasteiger partial charge in [0.05, 0.1) is 5.25 Å². The van der Waals surface area contributed by atoms with Crippen LogP contribution in [0.5, 0.6) is 0 Å². The van der Waals surface area contributed by atoms with Crippen LogP contribution in [0, 0.1) is 0 Å². The average molecular weight is 375 g/mol. The standard InChI is InChI=1S/C17H21N5O3S/c1-10(16(25)12-4-6-13(7-5-12)19-11(2)23)26-17-21-20-15(22(17)3)9-8-14(18)24/h4-7,10H,8-9H2,1-3H3,(H2,18,24)(H,19,23)/t10-/m1/s1. The lowest BCUT2D eigenvalue weighted by Crippen LogP contribution is -2.15. The van der Waals surface area contributed by atoms with Gasteiger partial charge in [-0.25, -0.2) is 0 Å². The minimum atomic E-state index is -0.395. The molecule has 1 heterocycles. The second kappa shape index (κ2) is 8.61. The SMILES string of the molecule is CC(=O)Nc1ccc(C(=O)[C@@H](C)Sc2nnc(CCC(N)=O)n2C)cc1. The highest BCUT2D eigenvalue weighted by Gasteiger charge is 2.20. The van der Waals surface area contributed by atoms with Crippen LogP contribution in [-0.2, 0) is 23.1 Å². The quantitative estimate of drug-likeness (QED) is 0.534. The normalized spacial score (nSPS) is 11.8. The van der Waals surface area contributed by atoms with Crippen molar-refractivity contribution in [2.75, 3.05) is 5.32 Å². The smallest absolute Gasteiger partial charge is 0.221 e. The highest BCUT2D eigenvalue weighted by atomic mass is 32.2. The van der Waals surface area contributed by atoms with E-state index in [0.717, 1.165) is 0 Å². The summed E-state index contributed by atoms with van der Waals surface area (Å²) >= 11 is 1.30. The molecule has 1 atom stereocenters. The Morgan fingerprint density at radius 1 is 1.23 bits per heavy atom. The largest absolute Gasteiger partial charge is 0.370 e. The summed E-state index contributed by atoms with van der Waals surface area (Å²) < 4.78 is 1.76. The van der Waals surface area contributed by atoms with Crippen LogP contribution >= 0.6 is 11.8 Å². The fourth-order valence-electron chi connectivity index (χ4n) is 2.27. The van der Waals surface area contributed by atoms with Crippen molar-refractivity contribution in [2.24, 2.45) is 12.8 Å². The van der Waals surface area contributed by atoms with Crippen molar-refractivity contribution in [1.82, 2.24) is 14.8 Å². The third-order valence-electron chi connectivity index (χ3n) is 3.66. The third-order valence-corrected chi connectivity index (χ3v) is 4.80. The summed E-state index contributed by atoms with van der Waals surface area (Å²) in [6.45, 7) is 3.23. The van der Waals surface area contributed by atoms with E-state index in [0.29, 0.717) is 28.7 Å². The number of benzene rings is 1. The first-order chi connectivity index (χ1) is 12.3. The molecule has 0 saturated carbocycles. The van der Waals surface area contributed by atoms with Crippen LogP contribution in [0.3, 0.4) is 0 Å². The lowest BCUT2D eigenvalue weighted by atomic mass is 10.1. The molecule has 0 saturated heterocycles. The monoisotopic (exact) mass is 375 g/mol. The molecule has 1 aromatic heterocycles. The molecular weight excluding hydrogens is 354 g/mol. The van der Waals surface area contributed by atoms with Gasteiger partial charge in [0.2, 0.25) is 11.8 Å². The first-order valence-electron chi connectivity index (χ1n) is 8.03. The van der Waals surface area contributed by atoms with Crippen LogP contribution in [0.4, 0.5) is 5.69 Å². The van der Waals surface area contributed by atoms with Crippen LogP contribution in [-0.4, -0.2) is 37.6 Å². The zero-order valence-electron chi connectivity index (χ0n) is 14.9. The zero-order chi connectivity index (χ0) is 19.3. The fourth-order valence-corrected chi connectivity index (χ4v) is 3.18. The Morgan fingerprint density at radius 3 is 2.46 bits per heavy atom. The second-order valence-electron chi connectivity index (χ2n) is 5.81. The summed E-state index contributed by atoms with van der Waals surface area (Å²) in [6.07, 6.45) is 0.609. The lowest BCUT2D eigenvalue weighted by Gasteiger charge is -2.10. The van der Waals surface area contributed by atoms with Gasteiger partial charge in [-0.2, -0.15) is 0 Å². The molecule has 3 N–H and O–H groups in total. The number of ketones is 1. The van der Waals surface area contributed by atoms with E-state index >= 15 is 0 Å². The Bertz CT molecular complexity index is 816. The second-order valence-corrected chi connectivity index (χ2v) is 7.11. The molecule has 0 spiro atoms. The Hall–Kier alpha value is -2.68. The maximum Gasteiger partial charge on any atom is 0.221 e. The summed E-state index contributed by atoms with van der Waals surface area (Å²) in [5.74, 6) is 0.0348. The molecule has 8 nitrogen and oxygen atoms in total. The number of aryl methyl sites for hydroxylation is 1. The molecule has 2 amide bonds. The molecule has 0 fully saturated rings. The number of nitrogens with two attached hydrogens (primary N) is 1. The molecule has 0 bridgehead atoms. The molecule has 0 unspecified atom stereocenters. The number of nitrogens with zero attached hydrogens (tertiary/aromatic N) is 3. The maximum absolute atomic E-state index is 12.6. The van der Waals surface area contributed by atoms with E-state index < -0.39 is 5.91 Å². The minimum absolute atomic E-state index is 0.0499. The van der Waals surface area contributed by atoms with Crippen molar-refractivity contribution < 1.29 is 14.4 Å². The van der Waals surface area contributed by atoms with Gasteiger partial charge >= 0.3 is 0 Å². The number of amides is 2. The van der Waals surface area contributed by atoms with Crippen molar-refractivity contribution in [3.63, 3.8) is 0 Å². The van der Waals surface area contributed by atoms with Crippen molar-refractivity contribution in [3.8, 4) is 0 Å². The maximum atomic E-state index is 12.6. The van der Waals surface area contributed by atoms with Gasteiger partial charge < -0.3 is 15.6 Å². The number of carbonyl (C=O) groups excluding carboxylic acids is 3. The summed E-state index contributed by atoms with van der Waals surface area (Å²) in [4.78, 5) is 34.5. The van der Waals surface area contributed by atoms with E-state index in [2.05, 4.69) is 15.5 Å². The molecule has 9 heteroatoms. The molecule has 0 aliphatic carbocycles. The van der Waals surface area contributed by atoms with Crippen LogP contribution in [0.15, 0.2) is 29.4 Å². The average Bonchev–Trinajstić information content (AvgIpc) is 2.92. The van der Waals surface area contributed by atoms with E-state index in [4.69, 9.17) is 5.73 Å². The number of aromatic nitrogens is 3. The number of nitrogens with one attached hydrogen (secondary N) is 1. The summed E-state index contributed by atoms with van der Waals surface area (Å²) in [7, 11) is 1.79. The predicted molar refractivity (Wildman–Crippen MR) is 98.9 cm³/mol. The van der Waals surface area contributed by atoms with E-state index in [-0.39, 0.29) is 23.4 Å². The fraction of sp³-hybridized carbons (Fsp3) is 0.353. The number of hydrogen-bond donors (Lipinski definition) is 2. The van der Waals surface area contributed by atoms with Gasteiger partial charge in [-0.15, -0.1) is 10.2 Å². The van der Waals surface area contributed by atoms with Gasteiger partial charge in [0.1, 0.15) is 5.82 Å². The van der Waals surface area contributed by atoms with E-state index in [1.54, 1.807) is 42.8 Å².